The van der Waals surface area contributed by atoms with Gasteiger partial charge in [-0.15, -0.1) is 0 Å². The summed E-state index contributed by atoms with van der Waals surface area (Å²) in [4.78, 5) is 23.1. The summed E-state index contributed by atoms with van der Waals surface area (Å²) < 4.78 is 5.19. The minimum Gasteiger partial charge on any atom is -0.496 e. The van der Waals surface area contributed by atoms with E-state index in [4.69, 9.17) is 9.84 Å². The first-order chi connectivity index (χ1) is 8.95. The number of carbonyl (C=O) groups excluding carboxylic acids is 1. The Hall–Kier alpha value is -2.04. The molecule has 1 amide bonds. The number of carboxylic acids is 1. The van der Waals surface area contributed by atoms with E-state index < -0.39 is 11.9 Å². The fourth-order valence-electron chi connectivity index (χ4n) is 1.86. The minimum absolute atomic E-state index is 0.0431. The maximum Gasteiger partial charge on any atom is 0.304 e. The number of carboxylic acid groups (broad SMARTS) is 1. The van der Waals surface area contributed by atoms with Crippen molar-refractivity contribution in [1.82, 2.24) is 5.32 Å². The maximum absolute atomic E-state index is 12.1. The molecule has 104 valence electrons. The smallest absolute Gasteiger partial charge is 0.304 e. The van der Waals surface area contributed by atoms with Gasteiger partial charge in [0.15, 0.2) is 0 Å². The van der Waals surface area contributed by atoms with Crippen molar-refractivity contribution in [3.05, 3.63) is 29.8 Å². The second kappa shape index (κ2) is 6.78. The molecule has 1 rings (SSSR count). The molecule has 0 heterocycles. The third-order valence-corrected chi connectivity index (χ3v) is 2.64. The Bertz CT molecular complexity index is 457. The van der Waals surface area contributed by atoms with Gasteiger partial charge in [0.25, 0.3) is 0 Å². The van der Waals surface area contributed by atoms with Gasteiger partial charge < -0.3 is 15.2 Å². The number of benzene rings is 1. The highest BCUT2D eigenvalue weighted by atomic mass is 16.5. The predicted molar refractivity (Wildman–Crippen MR) is 71.3 cm³/mol. The molecule has 0 bridgehead atoms. The van der Waals surface area contributed by atoms with Gasteiger partial charge in [0, 0.05) is 11.6 Å². The highest BCUT2D eigenvalue weighted by Gasteiger charge is 2.26. The van der Waals surface area contributed by atoms with Gasteiger partial charge in [0.2, 0.25) is 5.91 Å². The number of aliphatic carboxylic acids is 1. The number of nitrogens with one attached hydrogen (secondary N) is 1. The summed E-state index contributed by atoms with van der Waals surface area (Å²) in [5, 5.41) is 11.7. The number of rotatable bonds is 6. The zero-order chi connectivity index (χ0) is 14.4. The molecule has 0 aliphatic rings. The summed E-state index contributed by atoms with van der Waals surface area (Å²) in [5.41, 5.74) is 0.588. The summed E-state index contributed by atoms with van der Waals surface area (Å²) in [6.45, 7) is 3.66. The van der Waals surface area contributed by atoms with Crippen LogP contribution in [0.1, 0.15) is 31.7 Å². The van der Waals surface area contributed by atoms with E-state index in [9.17, 15) is 9.59 Å². The van der Waals surface area contributed by atoms with Crippen molar-refractivity contribution in [3.8, 4) is 5.75 Å². The second-order valence-corrected chi connectivity index (χ2v) is 4.56. The summed E-state index contributed by atoms with van der Waals surface area (Å²) in [6, 6.07) is 6.92. The average molecular weight is 265 g/mol. The SMILES string of the molecule is COc1ccccc1C(CC(=O)O)C(=O)NC(C)C. The third-order valence-electron chi connectivity index (χ3n) is 2.64. The molecule has 0 aliphatic carbocycles. The van der Waals surface area contributed by atoms with Gasteiger partial charge >= 0.3 is 5.97 Å². The molecule has 0 aromatic heterocycles. The van der Waals surface area contributed by atoms with Crippen LogP contribution < -0.4 is 10.1 Å². The Morgan fingerprint density at radius 3 is 2.47 bits per heavy atom. The van der Waals surface area contributed by atoms with Crippen LogP contribution in [0.5, 0.6) is 5.75 Å². The topological polar surface area (TPSA) is 75.6 Å². The first-order valence-corrected chi connectivity index (χ1v) is 6.10. The standard InChI is InChI=1S/C14H19NO4/c1-9(2)15-14(18)11(8-13(16)17)10-6-4-5-7-12(10)19-3/h4-7,9,11H,8H2,1-3H3,(H,15,18)(H,16,17). The van der Waals surface area contributed by atoms with Crippen LogP contribution >= 0.6 is 0 Å². The molecule has 1 atom stereocenters. The first kappa shape index (κ1) is 15.0. The van der Waals surface area contributed by atoms with Crippen LogP contribution in [0.2, 0.25) is 0 Å². The lowest BCUT2D eigenvalue weighted by molar-refractivity contribution is -0.139. The predicted octanol–water partition coefficient (Wildman–Crippen LogP) is 1.78. The monoisotopic (exact) mass is 265 g/mol. The molecule has 0 aliphatic heterocycles. The number of ether oxygens (including phenoxy) is 1. The fourth-order valence-corrected chi connectivity index (χ4v) is 1.86. The highest BCUT2D eigenvalue weighted by molar-refractivity contribution is 5.88. The summed E-state index contributed by atoms with van der Waals surface area (Å²) in [7, 11) is 1.50. The first-order valence-electron chi connectivity index (χ1n) is 6.10. The van der Waals surface area contributed by atoms with Gasteiger partial charge in [-0.2, -0.15) is 0 Å². The van der Waals surface area contributed by atoms with Crippen LogP contribution in [0.3, 0.4) is 0 Å². The van der Waals surface area contributed by atoms with Gasteiger partial charge in [-0.25, -0.2) is 0 Å². The van der Waals surface area contributed by atoms with Gasteiger partial charge in [0.1, 0.15) is 5.75 Å². The van der Waals surface area contributed by atoms with Crippen molar-refractivity contribution < 1.29 is 19.4 Å². The van der Waals surface area contributed by atoms with Gasteiger partial charge in [0.05, 0.1) is 19.4 Å². The van der Waals surface area contributed by atoms with Gasteiger partial charge in [-0.05, 0) is 19.9 Å². The van der Waals surface area contributed by atoms with Crippen LogP contribution in [0.25, 0.3) is 0 Å². The van der Waals surface area contributed by atoms with Crippen molar-refractivity contribution in [3.63, 3.8) is 0 Å². The number of para-hydroxylation sites is 1. The van der Waals surface area contributed by atoms with Crippen LogP contribution in [0.4, 0.5) is 0 Å². The van der Waals surface area contributed by atoms with E-state index in [1.807, 2.05) is 13.8 Å². The average Bonchev–Trinajstić information content (AvgIpc) is 2.34. The molecule has 19 heavy (non-hydrogen) atoms. The lowest BCUT2D eigenvalue weighted by Gasteiger charge is -2.19. The Labute approximate surface area is 112 Å². The molecule has 0 saturated heterocycles. The van der Waals surface area contributed by atoms with E-state index >= 15 is 0 Å². The number of carbonyl (C=O) groups is 2. The van der Waals surface area contributed by atoms with Crippen molar-refractivity contribution in [2.75, 3.05) is 7.11 Å². The van der Waals surface area contributed by atoms with Crippen molar-refractivity contribution >= 4 is 11.9 Å². The fraction of sp³-hybridized carbons (Fsp3) is 0.429. The molecule has 5 nitrogen and oxygen atoms in total. The lowest BCUT2D eigenvalue weighted by Crippen LogP contribution is -2.35. The van der Waals surface area contributed by atoms with Crippen LogP contribution in [0, 0.1) is 0 Å². The van der Waals surface area contributed by atoms with Crippen LogP contribution in [-0.4, -0.2) is 30.1 Å². The zero-order valence-corrected chi connectivity index (χ0v) is 11.3. The summed E-state index contributed by atoms with van der Waals surface area (Å²) >= 11 is 0. The number of amides is 1. The van der Waals surface area contributed by atoms with Gasteiger partial charge in [-0.1, -0.05) is 18.2 Å². The molecule has 1 unspecified atom stereocenters. The van der Waals surface area contributed by atoms with Crippen LogP contribution in [-0.2, 0) is 9.59 Å². The normalized spacial score (nSPS) is 12.0. The summed E-state index contributed by atoms with van der Waals surface area (Å²) in [5.74, 6) is -1.56. The van der Waals surface area contributed by atoms with Gasteiger partial charge in [-0.3, -0.25) is 9.59 Å². The van der Waals surface area contributed by atoms with Crippen LogP contribution in [0.15, 0.2) is 24.3 Å². The molecular weight excluding hydrogens is 246 g/mol. The Morgan fingerprint density at radius 1 is 1.32 bits per heavy atom. The molecule has 1 aromatic rings. The molecule has 0 radical (unpaired) electrons. The molecule has 1 aromatic carbocycles. The highest BCUT2D eigenvalue weighted by Crippen LogP contribution is 2.29. The third kappa shape index (κ3) is 4.28. The van der Waals surface area contributed by atoms with E-state index in [2.05, 4.69) is 5.32 Å². The van der Waals surface area contributed by atoms with E-state index in [-0.39, 0.29) is 18.4 Å². The Balaban J connectivity index is 3.08. The Morgan fingerprint density at radius 2 is 1.95 bits per heavy atom. The maximum atomic E-state index is 12.1. The largest absolute Gasteiger partial charge is 0.496 e. The van der Waals surface area contributed by atoms with E-state index in [1.54, 1.807) is 24.3 Å². The van der Waals surface area contributed by atoms with E-state index in [1.165, 1.54) is 7.11 Å². The summed E-state index contributed by atoms with van der Waals surface area (Å²) in [6.07, 6.45) is -0.265. The van der Waals surface area contributed by atoms with Crippen molar-refractivity contribution in [2.45, 2.75) is 32.2 Å². The van der Waals surface area contributed by atoms with Crippen molar-refractivity contribution in [2.24, 2.45) is 0 Å². The minimum atomic E-state index is -1.02. The van der Waals surface area contributed by atoms with E-state index in [0.717, 1.165) is 0 Å². The number of methoxy groups -OCH3 is 1. The zero-order valence-electron chi connectivity index (χ0n) is 11.3. The Kier molecular flexibility index (Phi) is 5.36. The number of hydrogen-bond acceptors (Lipinski definition) is 3. The molecule has 0 fully saturated rings. The lowest BCUT2D eigenvalue weighted by atomic mass is 9.93. The molecule has 2 N–H and O–H groups in total. The van der Waals surface area contributed by atoms with E-state index in [0.29, 0.717) is 11.3 Å². The molecule has 0 spiro atoms. The molecular formula is C14H19NO4. The molecule has 0 saturated carbocycles. The number of hydrogen-bond donors (Lipinski definition) is 2. The van der Waals surface area contributed by atoms with Crippen molar-refractivity contribution in [1.29, 1.82) is 0 Å². The quantitative estimate of drug-likeness (QED) is 0.822. The second-order valence-electron chi connectivity index (χ2n) is 4.56. The molecule has 5 heteroatoms.